The van der Waals surface area contributed by atoms with Crippen molar-refractivity contribution in [3.63, 3.8) is 0 Å². The van der Waals surface area contributed by atoms with Crippen LogP contribution in [0.3, 0.4) is 0 Å². The van der Waals surface area contributed by atoms with Crippen molar-refractivity contribution in [3.05, 3.63) is 216 Å². The van der Waals surface area contributed by atoms with Crippen LogP contribution in [-0.2, 0) is 5.41 Å². The van der Waals surface area contributed by atoms with E-state index in [1.807, 2.05) is 24.3 Å². The van der Waals surface area contributed by atoms with Gasteiger partial charge in [0.05, 0.1) is 5.41 Å². The van der Waals surface area contributed by atoms with E-state index >= 15 is 0 Å². The van der Waals surface area contributed by atoms with Gasteiger partial charge in [-0.2, -0.15) is 0 Å². The summed E-state index contributed by atoms with van der Waals surface area (Å²) in [7, 11) is 0. The summed E-state index contributed by atoms with van der Waals surface area (Å²) in [6, 6.07) is 66.9. The first-order valence-corrected chi connectivity index (χ1v) is 17.3. The number of rotatable bonds is 6. The van der Waals surface area contributed by atoms with Gasteiger partial charge < -0.3 is 10.2 Å². The van der Waals surface area contributed by atoms with E-state index in [-0.39, 0.29) is 11.5 Å². The Hall–Kier alpha value is -6.64. The fraction of sp³-hybridized carbons (Fsp3) is 0.0204. The molecule has 0 aliphatic heterocycles. The van der Waals surface area contributed by atoms with Crippen molar-refractivity contribution in [2.75, 3.05) is 0 Å². The van der Waals surface area contributed by atoms with Gasteiger partial charge in [0.25, 0.3) is 0 Å². The molecule has 0 aromatic heterocycles. The Bertz CT molecular complexity index is 2370. The van der Waals surface area contributed by atoms with Crippen molar-refractivity contribution in [1.82, 2.24) is 0 Å². The van der Waals surface area contributed by atoms with Gasteiger partial charge in [-0.15, -0.1) is 0 Å². The van der Waals surface area contributed by atoms with E-state index < -0.39 is 5.41 Å². The molecule has 0 spiro atoms. The van der Waals surface area contributed by atoms with Crippen molar-refractivity contribution in [3.8, 4) is 67.1 Å². The normalized spacial score (nSPS) is 12.6. The standard InChI is InChI=1S/C49H34O2/c50-39-25-27-47(43(31-39)37-19-11-17-35(29-37)33-13-3-1-4-14-33)49(45-23-9-7-21-41(45)42-22-8-10-24-46(42)49)48-28-26-40(51)32-44(48)38-20-12-18-36(30-38)34-15-5-2-6-16-34/h1-32,50-51H. The summed E-state index contributed by atoms with van der Waals surface area (Å²) in [5.41, 5.74) is 14.3. The Labute approximate surface area is 298 Å². The van der Waals surface area contributed by atoms with Crippen LogP contribution >= 0.6 is 0 Å². The molecule has 8 aromatic carbocycles. The van der Waals surface area contributed by atoms with Crippen LogP contribution in [0.5, 0.6) is 11.5 Å². The molecule has 0 amide bonds. The second kappa shape index (κ2) is 12.4. The Balaban J connectivity index is 1.38. The van der Waals surface area contributed by atoms with E-state index in [0.717, 1.165) is 66.8 Å². The lowest BCUT2D eigenvalue weighted by Crippen LogP contribution is -2.30. The van der Waals surface area contributed by atoms with Gasteiger partial charge in [0, 0.05) is 0 Å². The smallest absolute Gasteiger partial charge is 0.116 e. The van der Waals surface area contributed by atoms with Crippen LogP contribution in [0.15, 0.2) is 194 Å². The van der Waals surface area contributed by atoms with E-state index in [1.54, 1.807) is 12.1 Å². The first-order chi connectivity index (χ1) is 25.1. The first-order valence-electron chi connectivity index (χ1n) is 17.3. The number of hydrogen-bond acceptors (Lipinski definition) is 2. The number of phenols is 2. The van der Waals surface area contributed by atoms with Crippen LogP contribution in [0.2, 0.25) is 0 Å². The highest BCUT2D eigenvalue weighted by Gasteiger charge is 2.48. The van der Waals surface area contributed by atoms with Crippen molar-refractivity contribution < 1.29 is 10.2 Å². The SMILES string of the molecule is Oc1ccc(C2(c3ccc(O)cc3-c3cccc(-c4ccccc4)c3)c3ccccc3-c3ccccc32)c(-c2cccc(-c3ccccc3)c2)c1. The minimum Gasteiger partial charge on any atom is -0.508 e. The van der Waals surface area contributed by atoms with Gasteiger partial charge in [0.1, 0.15) is 11.5 Å². The molecule has 0 saturated heterocycles. The van der Waals surface area contributed by atoms with Gasteiger partial charge in [0.15, 0.2) is 0 Å². The molecule has 2 nitrogen and oxygen atoms in total. The van der Waals surface area contributed by atoms with Crippen LogP contribution in [0, 0.1) is 0 Å². The van der Waals surface area contributed by atoms with Gasteiger partial charge in [0.2, 0.25) is 0 Å². The highest BCUT2D eigenvalue weighted by atomic mass is 16.3. The van der Waals surface area contributed by atoms with E-state index in [2.05, 4.69) is 158 Å². The maximum Gasteiger partial charge on any atom is 0.116 e. The molecule has 242 valence electrons. The van der Waals surface area contributed by atoms with E-state index in [0.29, 0.717) is 0 Å². The van der Waals surface area contributed by atoms with Crippen LogP contribution in [-0.4, -0.2) is 10.2 Å². The summed E-state index contributed by atoms with van der Waals surface area (Å²) >= 11 is 0. The molecule has 0 bridgehead atoms. The maximum atomic E-state index is 11.1. The molecule has 51 heavy (non-hydrogen) atoms. The average molecular weight is 655 g/mol. The molecule has 2 N–H and O–H groups in total. The maximum absolute atomic E-state index is 11.1. The zero-order valence-electron chi connectivity index (χ0n) is 27.9. The summed E-state index contributed by atoms with van der Waals surface area (Å²) in [5.74, 6) is 0.408. The molecule has 0 atom stereocenters. The molecule has 2 heteroatoms. The van der Waals surface area contributed by atoms with Crippen molar-refractivity contribution >= 4 is 0 Å². The Kier molecular flexibility index (Phi) is 7.37. The third-order valence-corrected chi connectivity index (χ3v) is 10.3. The van der Waals surface area contributed by atoms with E-state index in [1.165, 1.54) is 11.1 Å². The van der Waals surface area contributed by atoms with Gasteiger partial charge >= 0.3 is 0 Å². The number of phenolic OH excluding ortho intramolecular Hbond substituents is 2. The van der Waals surface area contributed by atoms with Gasteiger partial charge in [-0.3, -0.25) is 0 Å². The minimum absolute atomic E-state index is 0.204. The Morgan fingerprint density at radius 2 is 0.608 bits per heavy atom. The monoisotopic (exact) mass is 654 g/mol. The van der Waals surface area contributed by atoms with Crippen LogP contribution < -0.4 is 0 Å². The van der Waals surface area contributed by atoms with Crippen molar-refractivity contribution in [2.45, 2.75) is 5.41 Å². The molecule has 1 aliphatic carbocycles. The minimum atomic E-state index is -0.801. The third kappa shape index (κ3) is 5.04. The summed E-state index contributed by atoms with van der Waals surface area (Å²) in [6.07, 6.45) is 0. The van der Waals surface area contributed by atoms with Crippen LogP contribution in [0.1, 0.15) is 22.3 Å². The lowest BCUT2D eigenvalue weighted by Gasteiger charge is -2.37. The molecule has 9 rings (SSSR count). The number of fused-ring (bicyclic) bond motifs is 3. The lowest BCUT2D eigenvalue weighted by atomic mass is 9.64. The van der Waals surface area contributed by atoms with Gasteiger partial charge in [-0.1, -0.05) is 158 Å². The van der Waals surface area contributed by atoms with Crippen LogP contribution in [0.4, 0.5) is 0 Å². The molecule has 8 aromatic rings. The highest BCUT2D eigenvalue weighted by molar-refractivity contribution is 5.92. The molecule has 0 saturated carbocycles. The van der Waals surface area contributed by atoms with E-state index in [9.17, 15) is 10.2 Å². The predicted octanol–water partition coefficient (Wildman–Crippen LogP) is 12.1. The zero-order chi connectivity index (χ0) is 34.4. The summed E-state index contributed by atoms with van der Waals surface area (Å²) in [4.78, 5) is 0. The Morgan fingerprint density at radius 1 is 0.255 bits per heavy atom. The molecule has 1 aliphatic rings. The van der Waals surface area contributed by atoms with Crippen molar-refractivity contribution in [2.24, 2.45) is 0 Å². The van der Waals surface area contributed by atoms with Crippen molar-refractivity contribution in [1.29, 1.82) is 0 Å². The highest BCUT2D eigenvalue weighted by Crippen LogP contribution is 2.59. The number of hydrogen-bond donors (Lipinski definition) is 2. The Morgan fingerprint density at radius 3 is 1.06 bits per heavy atom. The summed E-state index contributed by atoms with van der Waals surface area (Å²) in [5, 5.41) is 22.3. The largest absolute Gasteiger partial charge is 0.508 e. The first kappa shape index (κ1) is 30.4. The number of benzene rings is 8. The fourth-order valence-electron chi connectivity index (χ4n) is 8.15. The van der Waals surface area contributed by atoms with E-state index in [4.69, 9.17) is 0 Å². The fourth-order valence-corrected chi connectivity index (χ4v) is 8.15. The third-order valence-electron chi connectivity index (χ3n) is 10.3. The second-order valence-corrected chi connectivity index (χ2v) is 13.2. The topological polar surface area (TPSA) is 40.5 Å². The summed E-state index contributed by atoms with van der Waals surface area (Å²) < 4.78 is 0. The number of aromatic hydroxyl groups is 2. The van der Waals surface area contributed by atoms with Gasteiger partial charge in [-0.25, -0.2) is 0 Å². The molecular formula is C49H34O2. The molecular weight excluding hydrogens is 621 g/mol. The molecule has 0 unspecified atom stereocenters. The molecule has 0 heterocycles. The van der Waals surface area contributed by atoms with Crippen LogP contribution in [0.25, 0.3) is 55.6 Å². The second-order valence-electron chi connectivity index (χ2n) is 13.2. The summed E-state index contributed by atoms with van der Waals surface area (Å²) in [6.45, 7) is 0. The quantitative estimate of drug-likeness (QED) is 0.187. The predicted molar refractivity (Wildman–Crippen MR) is 209 cm³/mol. The molecule has 0 radical (unpaired) electrons. The average Bonchev–Trinajstić information content (AvgIpc) is 3.49. The molecule has 0 fully saturated rings. The zero-order valence-corrected chi connectivity index (χ0v) is 27.9. The van der Waals surface area contributed by atoms with Gasteiger partial charge in [-0.05, 0) is 114 Å². The lowest BCUT2D eigenvalue weighted by molar-refractivity contribution is 0.475.